The number of ether oxygens (including phenoxy) is 1. The van der Waals surface area contributed by atoms with Crippen LogP contribution in [0.4, 0.5) is 8.78 Å². The first-order chi connectivity index (χ1) is 17.0. The van der Waals surface area contributed by atoms with Crippen molar-refractivity contribution in [3.63, 3.8) is 0 Å². The second-order valence-electron chi connectivity index (χ2n) is 8.28. The van der Waals surface area contributed by atoms with E-state index in [-0.39, 0.29) is 30.1 Å². The van der Waals surface area contributed by atoms with E-state index in [0.29, 0.717) is 0 Å². The molecule has 6 nitrogen and oxygen atoms in total. The number of aryl methyl sites for hydroxylation is 1. The minimum atomic E-state index is -5.13. The van der Waals surface area contributed by atoms with Gasteiger partial charge < -0.3 is 13.8 Å². The van der Waals surface area contributed by atoms with Gasteiger partial charge in [0.15, 0.2) is 6.10 Å². The summed E-state index contributed by atoms with van der Waals surface area (Å²) in [5, 5.41) is -1.46. The zero-order chi connectivity index (χ0) is 26.9. The maximum absolute atomic E-state index is 16.2. The van der Waals surface area contributed by atoms with Crippen LogP contribution in [0.1, 0.15) is 50.0 Å². The minimum absolute atomic E-state index is 0.0167. The first-order valence-corrected chi connectivity index (χ1v) is 14.4. The number of hydrogen-bond donors (Lipinski definition) is 0. The number of esters is 1. The van der Waals surface area contributed by atoms with Gasteiger partial charge in [-0.1, -0.05) is 47.5 Å². The molecule has 0 aliphatic carbocycles. The average molecular weight is 543 g/mol. The van der Waals surface area contributed by atoms with E-state index >= 15 is 8.78 Å². The van der Waals surface area contributed by atoms with Crippen molar-refractivity contribution in [2.24, 2.45) is 0 Å². The molecule has 2 aromatic carbocycles. The van der Waals surface area contributed by atoms with Crippen LogP contribution in [0, 0.1) is 6.92 Å². The minimum Gasteiger partial charge on any atom is -0.450 e. The molecule has 1 unspecified atom stereocenters. The lowest BCUT2D eigenvalue weighted by Gasteiger charge is -2.35. The van der Waals surface area contributed by atoms with Gasteiger partial charge in [0.2, 0.25) is 0 Å². The molecule has 198 valence electrons. The van der Waals surface area contributed by atoms with Crippen molar-refractivity contribution in [1.82, 2.24) is 0 Å². The van der Waals surface area contributed by atoms with Crippen LogP contribution < -0.4 is 0 Å². The van der Waals surface area contributed by atoms with E-state index in [4.69, 9.17) is 13.8 Å². The molecule has 0 aliphatic heterocycles. The lowest BCUT2D eigenvalue weighted by molar-refractivity contribution is -0.0779. The van der Waals surface area contributed by atoms with E-state index in [1.807, 2.05) is 6.92 Å². The molecule has 0 fully saturated rings. The molecule has 0 saturated heterocycles. The predicted molar refractivity (Wildman–Crippen MR) is 137 cm³/mol. The number of hydrogen-bond acceptors (Lipinski definition) is 6. The molecule has 0 radical (unpaired) electrons. The summed E-state index contributed by atoms with van der Waals surface area (Å²) in [6.07, 6.45) is -0.891. The van der Waals surface area contributed by atoms with Crippen LogP contribution in [0.2, 0.25) is 0 Å². The van der Waals surface area contributed by atoms with Crippen LogP contribution in [0.15, 0.2) is 71.1 Å². The van der Waals surface area contributed by atoms with E-state index in [0.717, 1.165) is 11.1 Å². The predicted octanol–water partition coefficient (Wildman–Crippen LogP) is 6.91. The van der Waals surface area contributed by atoms with Crippen LogP contribution in [-0.2, 0) is 29.1 Å². The van der Waals surface area contributed by atoms with E-state index in [2.05, 4.69) is 0 Å². The SMILES string of the molecule is CCOP(=O)(OCC)C(F)(F)[C@@H](OC(=O)c1ccccc1)[C@H](CC=C(C)C)S(=O)c1ccc(C)cc1. The topological polar surface area (TPSA) is 78.9 Å². The summed E-state index contributed by atoms with van der Waals surface area (Å²) in [6, 6.07) is 14.1. The Labute approximate surface area is 214 Å². The second-order valence-corrected chi connectivity index (χ2v) is 12.1. The van der Waals surface area contributed by atoms with Gasteiger partial charge in [0.05, 0.1) is 34.8 Å². The second kappa shape index (κ2) is 13.4. The summed E-state index contributed by atoms with van der Waals surface area (Å²) in [5.41, 5.74) is -2.60. The monoisotopic (exact) mass is 542 g/mol. The fraction of sp³-hybridized carbons (Fsp3) is 0.423. The van der Waals surface area contributed by atoms with Crippen molar-refractivity contribution in [1.29, 1.82) is 0 Å². The Bertz CT molecular complexity index is 1090. The maximum atomic E-state index is 16.2. The molecular formula is C26H33F2O6PS. The van der Waals surface area contributed by atoms with Gasteiger partial charge >= 0.3 is 19.2 Å². The van der Waals surface area contributed by atoms with Crippen molar-refractivity contribution in [2.75, 3.05) is 13.2 Å². The normalized spacial score (nSPS) is 14.5. The van der Waals surface area contributed by atoms with E-state index in [9.17, 15) is 13.6 Å². The third kappa shape index (κ3) is 7.42. The van der Waals surface area contributed by atoms with Crippen molar-refractivity contribution in [3.8, 4) is 0 Å². The van der Waals surface area contributed by atoms with Crippen LogP contribution in [0.25, 0.3) is 0 Å². The van der Waals surface area contributed by atoms with Crippen molar-refractivity contribution in [3.05, 3.63) is 77.4 Å². The third-order valence-electron chi connectivity index (χ3n) is 5.17. The van der Waals surface area contributed by atoms with Gasteiger partial charge in [0.1, 0.15) is 0 Å². The van der Waals surface area contributed by atoms with E-state index in [1.165, 1.54) is 26.0 Å². The Morgan fingerprint density at radius 1 is 1.03 bits per heavy atom. The fourth-order valence-electron chi connectivity index (χ4n) is 3.36. The van der Waals surface area contributed by atoms with Crippen molar-refractivity contribution < 1.29 is 36.1 Å². The van der Waals surface area contributed by atoms with Crippen LogP contribution in [0.3, 0.4) is 0 Å². The van der Waals surface area contributed by atoms with Crippen LogP contribution in [0.5, 0.6) is 0 Å². The maximum Gasteiger partial charge on any atom is 0.403 e. The lowest BCUT2D eigenvalue weighted by atomic mass is 10.1. The molecule has 0 aliphatic rings. The molecule has 0 N–H and O–H groups in total. The van der Waals surface area contributed by atoms with Gasteiger partial charge in [-0.25, -0.2) is 4.79 Å². The van der Waals surface area contributed by atoms with E-state index < -0.39 is 41.4 Å². The van der Waals surface area contributed by atoms with Crippen LogP contribution in [-0.4, -0.2) is 40.4 Å². The molecule has 0 bridgehead atoms. The van der Waals surface area contributed by atoms with Gasteiger partial charge in [0, 0.05) is 4.90 Å². The van der Waals surface area contributed by atoms with Gasteiger partial charge in [0.25, 0.3) is 0 Å². The Hall–Kier alpha value is -2.19. The van der Waals surface area contributed by atoms with Gasteiger partial charge in [-0.3, -0.25) is 8.77 Å². The summed E-state index contributed by atoms with van der Waals surface area (Å²) in [5.74, 6) is -1.07. The highest BCUT2D eigenvalue weighted by Gasteiger charge is 2.63. The first-order valence-electron chi connectivity index (χ1n) is 11.6. The highest BCUT2D eigenvalue weighted by atomic mass is 32.2. The van der Waals surface area contributed by atoms with Gasteiger partial charge in [-0.2, -0.15) is 8.78 Å². The molecule has 0 heterocycles. The molecule has 10 heteroatoms. The number of carbonyl (C=O) groups is 1. The van der Waals surface area contributed by atoms with Crippen molar-refractivity contribution >= 4 is 24.4 Å². The molecule has 0 saturated carbocycles. The van der Waals surface area contributed by atoms with E-state index in [1.54, 1.807) is 62.4 Å². The first kappa shape index (κ1) is 30.0. The summed E-state index contributed by atoms with van der Waals surface area (Å²) >= 11 is 0. The standard InChI is InChI=1S/C26H33F2O6PS/c1-6-32-35(30,33-7-2)26(27,28)24(34-25(29)21-11-9-8-10-12-21)23(18-13-19(3)4)36(31)22-16-14-20(5)15-17-22/h8-17,23-24H,6-7,18H2,1-5H3/t23-,24-,36?/m0/s1. The quantitative estimate of drug-likeness (QED) is 0.155. The zero-order valence-corrected chi connectivity index (χ0v) is 22.8. The number of halogens is 2. The Balaban J connectivity index is 2.68. The lowest BCUT2D eigenvalue weighted by Crippen LogP contribution is -2.48. The molecular weight excluding hydrogens is 509 g/mol. The summed E-state index contributed by atoms with van der Waals surface area (Å²) in [4.78, 5) is 13.2. The molecule has 2 aromatic rings. The molecule has 0 aromatic heterocycles. The number of allylic oxidation sites excluding steroid dienone is 2. The van der Waals surface area contributed by atoms with Crippen molar-refractivity contribution in [2.45, 2.75) is 63.0 Å². The summed E-state index contributed by atoms with van der Waals surface area (Å²) < 4.78 is 74.6. The Morgan fingerprint density at radius 3 is 2.08 bits per heavy atom. The smallest absolute Gasteiger partial charge is 0.403 e. The molecule has 2 rings (SSSR count). The fourth-order valence-corrected chi connectivity index (χ4v) is 6.58. The Morgan fingerprint density at radius 2 is 1.58 bits per heavy atom. The molecule has 0 amide bonds. The van der Waals surface area contributed by atoms with Gasteiger partial charge in [-0.05, 0) is 65.3 Å². The van der Waals surface area contributed by atoms with Crippen LogP contribution >= 0.6 is 7.60 Å². The number of alkyl halides is 2. The molecule has 36 heavy (non-hydrogen) atoms. The number of rotatable bonds is 13. The van der Waals surface area contributed by atoms with Gasteiger partial charge in [-0.15, -0.1) is 0 Å². The molecule has 0 spiro atoms. The largest absolute Gasteiger partial charge is 0.450 e. The zero-order valence-electron chi connectivity index (χ0n) is 21.1. The highest BCUT2D eigenvalue weighted by molar-refractivity contribution is 7.85. The highest BCUT2D eigenvalue weighted by Crippen LogP contribution is 2.64. The Kier molecular flexibility index (Phi) is 11.2. The molecule has 3 atom stereocenters. The average Bonchev–Trinajstić information content (AvgIpc) is 2.84. The summed E-state index contributed by atoms with van der Waals surface area (Å²) in [7, 11) is -7.20. The summed E-state index contributed by atoms with van der Waals surface area (Å²) in [6.45, 7) is 7.51. The number of benzene rings is 2. The third-order valence-corrected chi connectivity index (χ3v) is 9.08. The number of carbonyl (C=O) groups excluding carboxylic acids is 1.